The quantitative estimate of drug-likeness (QED) is 0.605. The molecule has 0 bridgehead atoms. The van der Waals surface area contributed by atoms with E-state index in [9.17, 15) is 5.11 Å². The first-order valence-corrected chi connectivity index (χ1v) is 12.0. The van der Waals surface area contributed by atoms with Crippen LogP contribution in [0.3, 0.4) is 0 Å². The number of aromatic nitrogens is 2. The second kappa shape index (κ2) is 6.83. The van der Waals surface area contributed by atoms with Gasteiger partial charge in [0, 0.05) is 0 Å². The molecule has 5 rings (SSSR count). The highest BCUT2D eigenvalue weighted by Crippen LogP contribution is 2.68. The van der Waals surface area contributed by atoms with E-state index in [1.165, 1.54) is 37.8 Å². The van der Waals surface area contributed by atoms with Crippen LogP contribution in [0.15, 0.2) is 29.7 Å². The van der Waals surface area contributed by atoms with Gasteiger partial charge in [-0.1, -0.05) is 44.9 Å². The first-order valence-electron chi connectivity index (χ1n) is 12.0. The molecule has 3 nitrogen and oxygen atoms in total. The van der Waals surface area contributed by atoms with Crippen molar-refractivity contribution in [3.05, 3.63) is 35.4 Å². The molecule has 158 valence electrons. The van der Waals surface area contributed by atoms with E-state index in [1.54, 1.807) is 16.7 Å². The third kappa shape index (κ3) is 2.69. The lowest BCUT2D eigenvalue weighted by atomic mass is 9.45. The zero-order valence-corrected chi connectivity index (χ0v) is 18.7. The minimum Gasteiger partial charge on any atom is -0.393 e. The average molecular weight is 395 g/mol. The number of fused-ring (bicyclic) bond motifs is 5. The fourth-order valence-electron chi connectivity index (χ4n) is 8.19. The zero-order valence-electron chi connectivity index (χ0n) is 18.7. The van der Waals surface area contributed by atoms with Crippen LogP contribution >= 0.6 is 0 Å². The van der Waals surface area contributed by atoms with Gasteiger partial charge in [-0.25, -0.2) is 4.98 Å². The Morgan fingerprint density at radius 1 is 1.10 bits per heavy atom. The average Bonchev–Trinajstić information content (AvgIpc) is 3.32. The van der Waals surface area contributed by atoms with Crippen molar-refractivity contribution in [2.75, 3.05) is 0 Å². The van der Waals surface area contributed by atoms with E-state index in [0.717, 1.165) is 37.0 Å². The summed E-state index contributed by atoms with van der Waals surface area (Å²) in [5.41, 5.74) is 6.68. The molecule has 1 heterocycles. The van der Waals surface area contributed by atoms with Crippen LogP contribution in [0.1, 0.15) is 84.8 Å². The molecule has 0 spiro atoms. The van der Waals surface area contributed by atoms with Crippen molar-refractivity contribution in [3.8, 4) is 0 Å². The largest absolute Gasteiger partial charge is 0.393 e. The molecule has 1 aromatic rings. The first kappa shape index (κ1) is 19.6. The SMILES string of the molecule is CCC1=C(c2cnc[nH]2)[C@@]2(C)CC[C@@H]3[C@@H](C(CC)C=C4CC(O)CC[C@@]43C)[C@@H]2C1. The Morgan fingerprint density at radius 2 is 1.90 bits per heavy atom. The van der Waals surface area contributed by atoms with Crippen molar-refractivity contribution in [1.82, 2.24) is 9.97 Å². The van der Waals surface area contributed by atoms with E-state index >= 15 is 0 Å². The fraction of sp³-hybridized carbons (Fsp3) is 0.731. The summed E-state index contributed by atoms with van der Waals surface area (Å²) in [5.74, 6) is 2.94. The van der Waals surface area contributed by atoms with Crippen LogP contribution in [-0.2, 0) is 0 Å². The van der Waals surface area contributed by atoms with Gasteiger partial charge in [0.05, 0.1) is 24.3 Å². The lowest BCUT2D eigenvalue weighted by Crippen LogP contribution is -2.52. The van der Waals surface area contributed by atoms with Crippen molar-refractivity contribution < 1.29 is 5.11 Å². The van der Waals surface area contributed by atoms with Gasteiger partial charge < -0.3 is 10.1 Å². The van der Waals surface area contributed by atoms with Crippen molar-refractivity contribution in [3.63, 3.8) is 0 Å². The predicted molar refractivity (Wildman–Crippen MR) is 118 cm³/mol. The predicted octanol–water partition coefficient (Wildman–Crippen LogP) is 6.14. The number of allylic oxidation sites excluding steroid dienone is 3. The van der Waals surface area contributed by atoms with Crippen LogP contribution in [0.5, 0.6) is 0 Å². The highest BCUT2D eigenvalue weighted by molar-refractivity contribution is 5.73. The standard InChI is InChI=1S/C26H38N2O/c1-5-16-11-18-13-19(29)7-9-25(18,3)20-8-10-26(4)21(23(16)20)12-17(6-2)24(26)22-14-27-15-28-22/h11,14-16,19-21,23,29H,5-10,12-13H2,1-4H3,(H,27,28)/t16?,19?,20-,21+,23-,25+,26+/m1/s1. The molecule has 1 aromatic heterocycles. The van der Waals surface area contributed by atoms with Crippen molar-refractivity contribution in [1.29, 1.82) is 0 Å². The van der Waals surface area contributed by atoms with Gasteiger partial charge in [-0.2, -0.15) is 0 Å². The topological polar surface area (TPSA) is 48.9 Å². The molecule has 3 heteroatoms. The highest BCUT2D eigenvalue weighted by Gasteiger charge is 2.59. The van der Waals surface area contributed by atoms with Crippen molar-refractivity contribution in [2.24, 2.45) is 34.5 Å². The van der Waals surface area contributed by atoms with Gasteiger partial charge >= 0.3 is 0 Å². The Hall–Kier alpha value is -1.35. The molecule has 0 amide bonds. The number of nitrogens with one attached hydrogen (secondary N) is 1. The monoisotopic (exact) mass is 394 g/mol. The Labute approximate surface area is 176 Å². The minimum atomic E-state index is -0.121. The summed E-state index contributed by atoms with van der Waals surface area (Å²) >= 11 is 0. The van der Waals surface area contributed by atoms with Gasteiger partial charge in [-0.15, -0.1) is 0 Å². The van der Waals surface area contributed by atoms with Crippen molar-refractivity contribution >= 4 is 5.57 Å². The van der Waals surface area contributed by atoms with Crippen LogP contribution in [0, 0.1) is 34.5 Å². The first-order chi connectivity index (χ1) is 13.9. The van der Waals surface area contributed by atoms with Gasteiger partial charge in [0.25, 0.3) is 0 Å². The summed E-state index contributed by atoms with van der Waals surface area (Å²) in [6.45, 7) is 9.82. The smallest absolute Gasteiger partial charge is 0.0924 e. The molecule has 2 N–H and O–H groups in total. The van der Waals surface area contributed by atoms with Gasteiger partial charge in [0.15, 0.2) is 0 Å². The molecular weight excluding hydrogens is 356 g/mol. The number of aliphatic hydroxyl groups is 1. The highest BCUT2D eigenvalue weighted by atomic mass is 16.3. The normalized spacial score (nSPS) is 44.2. The maximum Gasteiger partial charge on any atom is 0.0924 e. The maximum atomic E-state index is 10.4. The van der Waals surface area contributed by atoms with Gasteiger partial charge in [-0.3, -0.25) is 0 Å². The second-order valence-electron chi connectivity index (χ2n) is 10.8. The van der Waals surface area contributed by atoms with E-state index in [2.05, 4.69) is 43.7 Å². The van der Waals surface area contributed by atoms with Crippen LogP contribution in [0.4, 0.5) is 0 Å². The Bertz CT molecular complexity index is 837. The third-order valence-electron chi connectivity index (χ3n) is 9.69. The molecule has 4 aliphatic rings. The number of rotatable bonds is 3. The lowest BCUT2D eigenvalue weighted by molar-refractivity contribution is -0.0468. The van der Waals surface area contributed by atoms with E-state index in [-0.39, 0.29) is 11.5 Å². The third-order valence-corrected chi connectivity index (χ3v) is 9.69. The van der Waals surface area contributed by atoms with E-state index in [1.807, 2.05) is 12.5 Å². The van der Waals surface area contributed by atoms with Gasteiger partial charge in [0.1, 0.15) is 0 Å². The van der Waals surface area contributed by atoms with Crippen LogP contribution < -0.4 is 0 Å². The number of H-pyrrole nitrogens is 1. The molecule has 2 saturated carbocycles. The summed E-state index contributed by atoms with van der Waals surface area (Å²) in [7, 11) is 0. The van der Waals surface area contributed by atoms with Gasteiger partial charge in [0.2, 0.25) is 0 Å². The molecule has 2 unspecified atom stereocenters. The molecule has 0 aliphatic heterocycles. The number of hydrogen-bond donors (Lipinski definition) is 2. The van der Waals surface area contributed by atoms with Crippen molar-refractivity contribution in [2.45, 2.75) is 85.2 Å². The molecule has 4 aliphatic carbocycles. The van der Waals surface area contributed by atoms with Crippen LogP contribution in [-0.4, -0.2) is 21.2 Å². The molecule has 0 aromatic carbocycles. The van der Waals surface area contributed by atoms with E-state index in [0.29, 0.717) is 11.3 Å². The molecule has 0 radical (unpaired) electrons. The number of aliphatic hydroxyl groups excluding tert-OH is 1. The Balaban J connectivity index is 1.58. The fourth-order valence-corrected chi connectivity index (χ4v) is 8.19. The molecule has 0 saturated heterocycles. The zero-order chi connectivity index (χ0) is 20.4. The number of hydrogen-bond acceptors (Lipinski definition) is 2. The van der Waals surface area contributed by atoms with Crippen LogP contribution in [0.25, 0.3) is 5.57 Å². The minimum absolute atomic E-state index is 0.121. The maximum absolute atomic E-state index is 10.4. The summed E-state index contributed by atoms with van der Waals surface area (Å²) < 4.78 is 0. The second-order valence-corrected chi connectivity index (χ2v) is 10.8. The number of nitrogens with zero attached hydrogens (tertiary/aromatic N) is 1. The summed E-state index contributed by atoms with van der Waals surface area (Å²) in [5, 5.41) is 10.4. The molecule has 2 fully saturated rings. The molecule has 29 heavy (non-hydrogen) atoms. The Kier molecular flexibility index (Phi) is 4.62. The van der Waals surface area contributed by atoms with E-state index < -0.39 is 0 Å². The summed E-state index contributed by atoms with van der Waals surface area (Å²) in [6.07, 6.45) is 15.7. The number of aromatic amines is 1. The Morgan fingerprint density at radius 3 is 2.59 bits per heavy atom. The lowest BCUT2D eigenvalue weighted by Gasteiger charge is -2.59. The summed E-state index contributed by atoms with van der Waals surface area (Å²) in [4.78, 5) is 7.81. The summed E-state index contributed by atoms with van der Waals surface area (Å²) in [6, 6.07) is 0. The molecule has 7 atom stereocenters. The van der Waals surface area contributed by atoms with Gasteiger partial charge in [-0.05, 0) is 91.4 Å². The molecular formula is C26H38N2O. The number of imidazole rings is 1. The van der Waals surface area contributed by atoms with Crippen LogP contribution in [0.2, 0.25) is 0 Å². The van der Waals surface area contributed by atoms with E-state index in [4.69, 9.17) is 0 Å².